The maximum Gasteiger partial charge on any atom is 0.326 e. The molecular weight excluding hydrogens is 603 g/mol. The summed E-state index contributed by atoms with van der Waals surface area (Å²) in [5.41, 5.74) is 4.03. The van der Waals surface area contributed by atoms with E-state index < -0.39 is 35.7 Å². The van der Waals surface area contributed by atoms with Crippen LogP contribution >= 0.6 is 11.6 Å². The van der Waals surface area contributed by atoms with Crippen molar-refractivity contribution in [3.05, 3.63) is 70.5 Å². The predicted octanol–water partition coefficient (Wildman–Crippen LogP) is 4.45. The van der Waals surface area contributed by atoms with Gasteiger partial charge in [0.1, 0.15) is 17.5 Å². The third kappa shape index (κ3) is 6.53. The fourth-order valence-corrected chi connectivity index (χ4v) is 6.07. The number of ether oxygens (including phenoxy) is 2. The number of hydrogen-bond donors (Lipinski definition) is 3. The van der Waals surface area contributed by atoms with Crippen LogP contribution in [0, 0.1) is 18.7 Å². The van der Waals surface area contributed by atoms with E-state index in [-0.39, 0.29) is 19.1 Å². The lowest BCUT2D eigenvalue weighted by atomic mass is 9.94. The summed E-state index contributed by atoms with van der Waals surface area (Å²) in [6, 6.07) is 13.2. The highest BCUT2D eigenvalue weighted by Crippen LogP contribution is 2.41. The normalized spacial score (nSPS) is 20.4. The van der Waals surface area contributed by atoms with Gasteiger partial charge in [-0.05, 0) is 48.2 Å². The molecule has 2 aliphatic heterocycles. The lowest BCUT2D eigenvalue weighted by Crippen LogP contribution is -2.56. The maximum absolute atomic E-state index is 15.5. The number of nitrogens with one attached hydrogen (secondary N) is 2. The topological polar surface area (TPSA) is 120 Å². The summed E-state index contributed by atoms with van der Waals surface area (Å²) >= 11 is 6.97. The fraction of sp³-hybridized carbons (Fsp3) is 0.364. The van der Waals surface area contributed by atoms with Gasteiger partial charge in [-0.25, -0.2) is 9.18 Å². The number of carbonyl (C=O) groups is 3. The largest absolute Gasteiger partial charge is 0.496 e. The quantitative estimate of drug-likeness (QED) is 0.312. The summed E-state index contributed by atoms with van der Waals surface area (Å²) < 4.78 is 26.5. The molecule has 45 heavy (non-hydrogen) atoms. The van der Waals surface area contributed by atoms with Crippen LogP contribution in [0.1, 0.15) is 17.5 Å². The summed E-state index contributed by atoms with van der Waals surface area (Å²) in [6.07, 6.45) is -0.0649. The SMILES string of the molecule is COc1cc(-c2cccc(-c3cccc(NC(=O)C4CN(C)C(=O)N(C)C4=O)c3C)c2Cl)cc(F)c1CN[C@H]1COCC[C@@H]1O. The Kier molecular flexibility index (Phi) is 9.73. The molecule has 12 heteroatoms. The third-order valence-electron chi connectivity index (χ3n) is 8.44. The van der Waals surface area contributed by atoms with Gasteiger partial charge in [0.05, 0.1) is 30.9 Å². The van der Waals surface area contributed by atoms with Crippen molar-refractivity contribution in [3.63, 3.8) is 0 Å². The van der Waals surface area contributed by atoms with E-state index in [0.29, 0.717) is 63.9 Å². The molecule has 5 rings (SSSR count). The number of urea groups is 1. The molecule has 3 atom stereocenters. The van der Waals surface area contributed by atoms with E-state index in [2.05, 4.69) is 10.6 Å². The van der Waals surface area contributed by atoms with Crippen molar-refractivity contribution in [2.24, 2.45) is 5.92 Å². The molecule has 2 aliphatic rings. The molecule has 3 aromatic carbocycles. The second kappa shape index (κ2) is 13.5. The number of imide groups is 1. The van der Waals surface area contributed by atoms with Crippen LogP contribution in [0.2, 0.25) is 5.02 Å². The average molecular weight is 639 g/mol. The van der Waals surface area contributed by atoms with Crippen LogP contribution < -0.4 is 15.4 Å². The van der Waals surface area contributed by atoms with Crippen LogP contribution in [0.3, 0.4) is 0 Å². The number of methoxy groups -OCH3 is 1. The van der Waals surface area contributed by atoms with Crippen molar-refractivity contribution in [1.82, 2.24) is 15.1 Å². The number of aliphatic hydroxyl groups excluding tert-OH is 1. The molecule has 0 aromatic heterocycles. The van der Waals surface area contributed by atoms with Gasteiger partial charge in [0.15, 0.2) is 0 Å². The molecular formula is C33H36ClFN4O6. The van der Waals surface area contributed by atoms with Crippen molar-refractivity contribution in [2.45, 2.75) is 32.0 Å². The second-order valence-electron chi connectivity index (χ2n) is 11.3. The van der Waals surface area contributed by atoms with E-state index in [9.17, 15) is 19.5 Å². The van der Waals surface area contributed by atoms with Gasteiger partial charge in [0.2, 0.25) is 11.8 Å². The van der Waals surface area contributed by atoms with Crippen LogP contribution in [-0.4, -0.2) is 85.9 Å². The first-order valence-electron chi connectivity index (χ1n) is 14.6. The fourth-order valence-electron chi connectivity index (χ4n) is 5.73. The number of nitrogens with zero attached hydrogens (tertiary/aromatic N) is 2. The summed E-state index contributed by atoms with van der Waals surface area (Å²) in [7, 11) is 4.36. The number of halogens is 2. The van der Waals surface area contributed by atoms with E-state index in [0.717, 1.165) is 10.5 Å². The average Bonchev–Trinajstić information content (AvgIpc) is 3.02. The molecule has 0 radical (unpaired) electrons. The first kappa shape index (κ1) is 32.4. The van der Waals surface area contributed by atoms with E-state index in [1.165, 1.54) is 32.2 Å². The van der Waals surface area contributed by atoms with Crippen molar-refractivity contribution in [1.29, 1.82) is 0 Å². The van der Waals surface area contributed by atoms with Crippen LogP contribution in [0.5, 0.6) is 5.75 Å². The van der Waals surface area contributed by atoms with Gasteiger partial charge in [0, 0.05) is 56.2 Å². The Labute approximate surface area is 266 Å². The number of benzene rings is 3. The number of hydrogen-bond acceptors (Lipinski definition) is 7. The lowest BCUT2D eigenvalue weighted by Gasteiger charge is -2.33. The Balaban J connectivity index is 1.41. The summed E-state index contributed by atoms with van der Waals surface area (Å²) in [5, 5.41) is 16.6. The zero-order valence-corrected chi connectivity index (χ0v) is 26.3. The standard InChI is InChI=1S/C33H36ClFN4O6/c1-18-20(7-6-10-26(18)37-31(41)24-16-38(2)33(43)39(3)32(24)42)22-9-5-8-21(30(22)34)19-13-25(35)23(29(14-19)44-4)15-36-27-17-45-12-11-28(27)40/h5-10,13-14,24,27-28,36,40H,11-12,15-17H2,1-4H3,(H,37,41)/t24?,27-,28-/m0/s1. The minimum Gasteiger partial charge on any atom is -0.496 e. The predicted molar refractivity (Wildman–Crippen MR) is 169 cm³/mol. The van der Waals surface area contributed by atoms with Gasteiger partial charge in [-0.3, -0.25) is 14.5 Å². The molecule has 1 unspecified atom stereocenters. The van der Waals surface area contributed by atoms with Gasteiger partial charge >= 0.3 is 6.03 Å². The number of carbonyl (C=O) groups excluding carboxylic acids is 3. The van der Waals surface area contributed by atoms with E-state index in [4.69, 9.17) is 21.1 Å². The van der Waals surface area contributed by atoms with Gasteiger partial charge in [-0.2, -0.15) is 0 Å². The number of rotatable bonds is 8. The molecule has 0 spiro atoms. The summed E-state index contributed by atoms with van der Waals surface area (Å²) in [6.45, 7) is 2.78. The van der Waals surface area contributed by atoms with Crippen molar-refractivity contribution < 1.29 is 33.4 Å². The highest BCUT2D eigenvalue weighted by atomic mass is 35.5. The molecule has 3 aromatic rings. The lowest BCUT2D eigenvalue weighted by molar-refractivity contribution is -0.140. The van der Waals surface area contributed by atoms with Crippen molar-refractivity contribution in [2.75, 3.05) is 46.3 Å². The minimum atomic E-state index is -1.04. The van der Waals surface area contributed by atoms with Gasteiger partial charge in [-0.15, -0.1) is 0 Å². The number of amides is 4. The highest BCUT2D eigenvalue weighted by Gasteiger charge is 2.39. The summed E-state index contributed by atoms with van der Waals surface area (Å²) in [4.78, 5) is 40.2. The van der Waals surface area contributed by atoms with Gasteiger partial charge in [0.25, 0.3) is 0 Å². The monoisotopic (exact) mass is 638 g/mol. The highest BCUT2D eigenvalue weighted by molar-refractivity contribution is 6.36. The molecule has 2 heterocycles. The third-order valence-corrected chi connectivity index (χ3v) is 8.85. The Morgan fingerprint density at radius 2 is 1.84 bits per heavy atom. The van der Waals surface area contributed by atoms with E-state index >= 15 is 4.39 Å². The van der Waals surface area contributed by atoms with Crippen LogP contribution in [-0.2, 0) is 20.9 Å². The Morgan fingerprint density at radius 1 is 1.13 bits per heavy atom. The molecule has 4 amide bonds. The molecule has 0 saturated carbocycles. The molecule has 238 valence electrons. The second-order valence-corrected chi connectivity index (χ2v) is 11.7. The zero-order valence-electron chi connectivity index (χ0n) is 25.5. The minimum absolute atomic E-state index is 0.0216. The van der Waals surface area contributed by atoms with Crippen molar-refractivity contribution >= 4 is 35.1 Å². The first-order valence-corrected chi connectivity index (χ1v) is 15.0. The van der Waals surface area contributed by atoms with Crippen LogP contribution in [0.4, 0.5) is 14.9 Å². The van der Waals surface area contributed by atoms with Crippen LogP contribution in [0.15, 0.2) is 48.5 Å². The smallest absolute Gasteiger partial charge is 0.326 e. The molecule has 2 fully saturated rings. The Hall–Kier alpha value is -4.03. The Morgan fingerprint density at radius 3 is 2.58 bits per heavy atom. The zero-order chi connectivity index (χ0) is 32.4. The van der Waals surface area contributed by atoms with Crippen molar-refractivity contribution in [3.8, 4) is 28.0 Å². The molecule has 0 bridgehead atoms. The molecule has 10 nitrogen and oxygen atoms in total. The number of aliphatic hydroxyl groups is 1. The molecule has 0 aliphatic carbocycles. The first-order chi connectivity index (χ1) is 21.5. The van der Waals surface area contributed by atoms with Crippen LogP contribution in [0.25, 0.3) is 22.3 Å². The van der Waals surface area contributed by atoms with Gasteiger partial charge < -0.3 is 30.1 Å². The van der Waals surface area contributed by atoms with E-state index in [1.54, 1.807) is 24.3 Å². The molecule has 2 saturated heterocycles. The summed E-state index contributed by atoms with van der Waals surface area (Å²) in [5.74, 6) is -2.28. The van der Waals surface area contributed by atoms with E-state index in [1.807, 2.05) is 25.1 Å². The maximum atomic E-state index is 15.5. The Bertz CT molecular complexity index is 1630. The van der Waals surface area contributed by atoms with Gasteiger partial charge in [-0.1, -0.05) is 41.9 Å². The molecule has 3 N–H and O–H groups in total. The number of anilines is 1.